The number of aliphatic imine (C=N–C) groups is 1. The number of hydrogen-bond acceptors (Lipinski definition) is 6. The lowest BCUT2D eigenvalue weighted by Crippen LogP contribution is -2.18. The minimum atomic E-state index is -4.77. The molecule has 1 aromatic rings. The Hall–Kier alpha value is -2.36. The maximum absolute atomic E-state index is 13.8. The van der Waals surface area contributed by atoms with Crippen LogP contribution in [0.5, 0.6) is 0 Å². The molecule has 0 saturated heterocycles. The van der Waals surface area contributed by atoms with Gasteiger partial charge in [0.05, 0.1) is 12.1 Å². The smallest absolute Gasteiger partial charge is 0.416 e. The van der Waals surface area contributed by atoms with Gasteiger partial charge in [0, 0.05) is 18.3 Å². The molecule has 0 aliphatic carbocycles. The van der Waals surface area contributed by atoms with Crippen LogP contribution < -0.4 is 5.32 Å². The normalized spacial score (nSPS) is 13.3. The maximum Gasteiger partial charge on any atom is 0.416 e. The van der Waals surface area contributed by atoms with Gasteiger partial charge in [0.25, 0.3) is 0 Å². The molecule has 0 unspecified atom stereocenters. The van der Waals surface area contributed by atoms with Crippen molar-refractivity contribution in [3.8, 4) is 0 Å². The summed E-state index contributed by atoms with van der Waals surface area (Å²) in [6.45, 7) is 0.549. The van der Waals surface area contributed by atoms with Crippen molar-refractivity contribution < 1.29 is 32.3 Å². The average Bonchev–Trinajstić information content (AvgIpc) is 2.52. The molecule has 0 fully saturated rings. The van der Waals surface area contributed by atoms with Gasteiger partial charge in [-0.05, 0) is 30.8 Å². The minimum absolute atomic E-state index is 0.150. The summed E-state index contributed by atoms with van der Waals surface area (Å²) in [4.78, 5) is 26.0. The van der Waals surface area contributed by atoms with Gasteiger partial charge in [-0.1, -0.05) is 6.07 Å². The fraction of sp³-hybridized carbons (Fsp3) is 0.267. The molecular formula is C15H14F4N2O3S. The number of nitrogens with one attached hydrogen (secondary N) is 1. The predicted molar refractivity (Wildman–Crippen MR) is 86.3 cm³/mol. The summed E-state index contributed by atoms with van der Waals surface area (Å²) in [7, 11) is 1.29. The summed E-state index contributed by atoms with van der Waals surface area (Å²) in [6.07, 6.45) is -4.77. The second kappa shape index (κ2) is 8.65. The summed E-state index contributed by atoms with van der Waals surface area (Å²) < 4.78 is 52.6. The number of carbonyl (C=O) groups excluding carboxylic acids is 2. The second-order valence-electron chi connectivity index (χ2n) is 4.64. The zero-order valence-corrected chi connectivity index (χ0v) is 14.0. The Morgan fingerprint density at radius 1 is 1.40 bits per heavy atom. The first-order chi connectivity index (χ1) is 11.6. The second-order valence-corrected chi connectivity index (χ2v) is 5.44. The van der Waals surface area contributed by atoms with Crippen LogP contribution in [0.2, 0.25) is 0 Å². The molecule has 0 aromatic heterocycles. The van der Waals surface area contributed by atoms with E-state index in [4.69, 9.17) is 0 Å². The van der Waals surface area contributed by atoms with Crippen molar-refractivity contribution in [3.05, 3.63) is 46.6 Å². The van der Waals surface area contributed by atoms with E-state index in [9.17, 15) is 32.3 Å². The van der Waals surface area contributed by atoms with Crippen molar-refractivity contribution >= 4 is 28.2 Å². The van der Waals surface area contributed by atoms with Crippen LogP contribution in [0.4, 0.5) is 17.6 Å². The topological polar surface area (TPSA) is 78.8 Å². The lowest BCUT2D eigenvalue weighted by atomic mass is 10.1. The lowest BCUT2D eigenvalue weighted by molar-refractivity contribution is -0.138. The third kappa shape index (κ3) is 5.31. The third-order valence-electron chi connectivity index (χ3n) is 3.09. The molecule has 0 radical (unpaired) electrons. The third-order valence-corrected chi connectivity index (χ3v) is 3.61. The number of alkyl halides is 3. The van der Waals surface area contributed by atoms with Gasteiger partial charge in [-0.2, -0.15) is 13.2 Å². The summed E-state index contributed by atoms with van der Waals surface area (Å²) in [5.41, 5.74) is -2.17. The zero-order chi connectivity index (χ0) is 19.2. The molecule has 0 atom stereocenters. The van der Waals surface area contributed by atoms with Crippen LogP contribution in [0.25, 0.3) is 0 Å². The van der Waals surface area contributed by atoms with Gasteiger partial charge in [-0.25, -0.2) is 4.39 Å². The van der Waals surface area contributed by atoms with E-state index < -0.39 is 40.7 Å². The SMILES string of the molecule is CN/C(O)=C(C(=O)SC=O)/C(C)=N/Cc1c(F)cccc1C(F)(F)F. The number of aliphatic hydroxyl groups excluding tert-OH is 1. The first kappa shape index (κ1) is 20.7. The Morgan fingerprint density at radius 3 is 2.56 bits per heavy atom. The molecule has 0 aliphatic heterocycles. The molecule has 0 spiro atoms. The van der Waals surface area contributed by atoms with Gasteiger partial charge in [0.1, 0.15) is 11.4 Å². The van der Waals surface area contributed by atoms with E-state index in [0.717, 1.165) is 18.2 Å². The van der Waals surface area contributed by atoms with Crippen molar-refractivity contribution in [2.45, 2.75) is 19.6 Å². The van der Waals surface area contributed by atoms with Crippen molar-refractivity contribution in [2.24, 2.45) is 4.99 Å². The van der Waals surface area contributed by atoms with E-state index in [2.05, 4.69) is 10.3 Å². The number of carbonyl (C=O) groups is 2. The van der Waals surface area contributed by atoms with Gasteiger partial charge in [0.15, 0.2) is 11.5 Å². The molecule has 5 nitrogen and oxygen atoms in total. The van der Waals surface area contributed by atoms with Crippen LogP contribution in [-0.2, 0) is 22.3 Å². The fourth-order valence-electron chi connectivity index (χ4n) is 1.90. The minimum Gasteiger partial charge on any atom is -0.494 e. The molecule has 25 heavy (non-hydrogen) atoms. The summed E-state index contributed by atoms with van der Waals surface area (Å²) >= 11 is 0.231. The fourth-order valence-corrected chi connectivity index (χ4v) is 2.35. The van der Waals surface area contributed by atoms with E-state index in [1.54, 1.807) is 0 Å². The predicted octanol–water partition coefficient (Wildman–Crippen LogP) is 3.24. The highest BCUT2D eigenvalue weighted by molar-refractivity contribution is 8.25. The van der Waals surface area contributed by atoms with E-state index in [1.807, 2.05) is 0 Å². The van der Waals surface area contributed by atoms with Crippen molar-refractivity contribution in [2.75, 3.05) is 7.05 Å². The quantitative estimate of drug-likeness (QED) is 0.261. The molecule has 0 amide bonds. The van der Waals surface area contributed by atoms with Crippen molar-refractivity contribution in [1.29, 1.82) is 0 Å². The maximum atomic E-state index is 13.8. The van der Waals surface area contributed by atoms with Crippen LogP contribution in [0, 0.1) is 5.82 Å². The van der Waals surface area contributed by atoms with Crippen molar-refractivity contribution in [1.82, 2.24) is 5.32 Å². The number of nitrogens with zero attached hydrogens (tertiary/aromatic N) is 1. The zero-order valence-electron chi connectivity index (χ0n) is 13.1. The summed E-state index contributed by atoms with van der Waals surface area (Å²) in [5.74, 6) is -1.70. The molecule has 2 N–H and O–H groups in total. The number of thioether (sulfide) groups is 1. The Morgan fingerprint density at radius 2 is 2.04 bits per heavy atom. The molecule has 1 rings (SSSR count). The number of benzene rings is 1. The Kier molecular flexibility index (Phi) is 7.16. The largest absolute Gasteiger partial charge is 0.494 e. The van der Waals surface area contributed by atoms with Crippen molar-refractivity contribution in [3.63, 3.8) is 0 Å². The molecule has 0 heterocycles. The van der Waals surface area contributed by atoms with E-state index in [1.165, 1.54) is 14.0 Å². The van der Waals surface area contributed by atoms with Crippen LogP contribution in [0.3, 0.4) is 0 Å². The van der Waals surface area contributed by atoms with E-state index >= 15 is 0 Å². The average molecular weight is 378 g/mol. The van der Waals surface area contributed by atoms with Gasteiger partial charge in [0.2, 0.25) is 5.12 Å². The number of hydrogen-bond donors (Lipinski definition) is 2. The van der Waals surface area contributed by atoms with Crippen LogP contribution in [0.1, 0.15) is 18.1 Å². The Labute approximate surface area is 144 Å². The van der Waals surface area contributed by atoms with Gasteiger partial charge in [-0.15, -0.1) is 0 Å². The van der Waals surface area contributed by atoms with E-state index in [0.29, 0.717) is 0 Å². The van der Waals surface area contributed by atoms with Gasteiger partial charge in [-0.3, -0.25) is 14.6 Å². The highest BCUT2D eigenvalue weighted by Gasteiger charge is 2.34. The van der Waals surface area contributed by atoms with Crippen LogP contribution in [0.15, 0.2) is 34.6 Å². The monoisotopic (exact) mass is 378 g/mol. The highest BCUT2D eigenvalue weighted by Crippen LogP contribution is 2.33. The first-order valence-corrected chi connectivity index (χ1v) is 7.63. The molecule has 10 heteroatoms. The van der Waals surface area contributed by atoms with Gasteiger partial charge >= 0.3 is 6.18 Å². The number of halogens is 4. The number of aliphatic hydroxyl groups is 1. The first-order valence-electron chi connectivity index (χ1n) is 6.75. The summed E-state index contributed by atoms with van der Waals surface area (Å²) in [6, 6.07) is 2.52. The summed E-state index contributed by atoms with van der Waals surface area (Å²) in [5, 5.41) is 11.1. The Bertz CT molecular complexity index is 730. The molecule has 1 aromatic carbocycles. The standard InChI is InChI=1S/C15H14F4N2O3S/c1-8(12(13(23)20-2)14(24)25-7-22)21-6-9-10(15(17,18)19)4-3-5-11(9)16/h3-5,7,20,23H,6H2,1-2H3/b13-12+,21-8+. The van der Waals surface area contributed by atoms with E-state index in [-0.39, 0.29) is 28.7 Å². The molecule has 0 bridgehead atoms. The van der Waals surface area contributed by atoms with Crippen LogP contribution in [-0.4, -0.2) is 28.6 Å². The highest BCUT2D eigenvalue weighted by atomic mass is 32.2. The molecule has 0 aliphatic rings. The lowest BCUT2D eigenvalue weighted by Gasteiger charge is -2.13. The number of rotatable bonds is 6. The Balaban J connectivity index is 3.28. The van der Waals surface area contributed by atoms with Gasteiger partial charge < -0.3 is 10.4 Å². The molecular weight excluding hydrogens is 364 g/mol. The van der Waals surface area contributed by atoms with Crippen LogP contribution >= 0.6 is 11.8 Å². The molecule has 136 valence electrons. The molecule has 0 saturated carbocycles.